The lowest BCUT2D eigenvalue weighted by Gasteiger charge is -2.49. The first-order valence-corrected chi connectivity index (χ1v) is 16.0. The van der Waals surface area contributed by atoms with Crippen molar-refractivity contribution in [3.63, 3.8) is 0 Å². The summed E-state index contributed by atoms with van der Waals surface area (Å²) in [5, 5.41) is 0.619. The molecule has 0 N–H and O–H groups in total. The highest BCUT2D eigenvalue weighted by molar-refractivity contribution is 6.09. The van der Waals surface area contributed by atoms with Gasteiger partial charge in [-0.1, -0.05) is 27.7 Å². The fourth-order valence-corrected chi connectivity index (χ4v) is 9.63. The molecule has 2 saturated carbocycles. The smallest absolute Gasteiger partial charge is 0.339 e. The van der Waals surface area contributed by atoms with Crippen LogP contribution in [0.25, 0.3) is 11.0 Å². The number of fused-ring (bicyclic) bond motifs is 7. The zero-order valence-corrected chi connectivity index (χ0v) is 27.8. The lowest BCUT2D eigenvalue weighted by Crippen LogP contribution is -2.62. The van der Waals surface area contributed by atoms with Gasteiger partial charge in [0.2, 0.25) is 0 Å². The fraction of sp³-hybridized carbons (Fsp3) is 0.639. The Morgan fingerprint density at radius 3 is 1.67 bits per heavy atom. The number of ketones is 2. The molecule has 1 aromatic heterocycles. The Kier molecular flexibility index (Phi) is 5.54. The van der Waals surface area contributed by atoms with E-state index in [0.29, 0.717) is 47.9 Å². The molecular weight excluding hydrogens is 576 g/mol. The summed E-state index contributed by atoms with van der Waals surface area (Å²) >= 11 is 0. The minimum absolute atomic E-state index is 0.169. The second kappa shape index (κ2) is 8.26. The van der Waals surface area contributed by atoms with Crippen molar-refractivity contribution in [2.24, 2.45) is 27.6 Å². The molecule has 5 aliphatic rings. The predicted octanol–water partition coefficient (Wildman–Crippen LogP) is 5.66. The van der Waals surface area contributed by atoms with Gasteiger partial charge in [-0.15, -0.1) is 0 Å². The minimum Gasteiger partial charge on any atom is -0.487 e. The van der Waals surface area contributed by atoms with E-state index in [-0.39, 0.29) is 11.1 Å². The van der Waals surface area contributed by atoms with Gasteiger partial charge < -0.3 is 18.6 Å². The SMILES string of the molecule is Cc1c(C)c2ccc3c(c2oc1=O)[C@H](C(=O)[C@@]12CC[C@@](C)(C(=O)O1)C2(C)C)[C@@H](C(=O)[C@@]12CC[C@@](C)(C(=O)O1)C2(C)C)C(C)(C)O3. The van der Waals surface area contributed by atoms with Crippen molar-refractivity contribution < 1.29 is 37.8 Å². The predicted molar refractivity (Wildman–Crippen MR) is 163 cm³/mol. The van der Waals surface area contributed by atoms with E-state index in [0.717, 1.165) is 0 Å². The number of carbonyl (C=O) groups excluding carboxylic acids is 4. The lowest BCUT2D eigenvalue weighted by atomic mass is 9.57. The Hall–Kier alpha value is -3.49. The van der Waals surface area contributed by atoms with Gasteiger partial charge in [0.25, 0.3) is 0 Å². The van der Waals surface area contributed by atoms with Crippen LogP contribution in [0, 0.1) is 41.4 Å². The van der Waals surface area contributed by atoms with Crippen LogP contribution in [0.5, 0.6) is 5.75 Å². The first kappa shape index (κ1) is 30.2. The fourth-order valence-electron chi connectivity index (χ4n) is 9.63. The highest BCUT2D eigenvalue weighted by Gasteiger charge is 2.80. The van der Waals surface area contributed by atoms with E-state index < -0.39 is 79.4 Å². The number of hydrogen-bond donors (Lipinski definition) is 0. The summed E-state index contributed by atoms with van der Waals surface area (Å²) < 4.78 is 24.7. The Morgan fingerprint density at radius 2 is 1.20 bits per heavy atom. The van der Waals surface area contributed by atoms with Crippen LogP contribution < -0.4 is 10.4 Å². The maximum absolute atomic E-state index is 15.5. The van der Waals surface area contributed by atoms with Crippen molar-refractivity contribution in [3.8, 4) is 5.75 Å². The van der Waals surface area contributed by atoms with Gasteiger partial charge in [-0.05, 0) is 84.9 Å². The Balaban J connectivity index is 1.53. The van der Waals surface area contributed by atoms with Crippen LogP contribution >= 0.6 is 0 Å². The van der Waals surface area contributed by atoms with Crippen molar-refractivity contribution in [2.75, 3.05) is 0 Å². The van der Waals surface area contributed by atoms with E-state index in [2.05, 4.69) is 0 Å². The van der Waals surface area contributed by atoms with E-state index in [4.69, 9.17) is 18.6 Å². The first-order chi connectivity index (χ1) is 20.7. The molecule has 0 amide bonds. The Labute approximate surface area is 262 Å². The zero-order valence-electron chi connectivity index (χ0n) is 27.8. The number of benzene rings is 1. The molecule has 9 heteroatoms. The van der Waals surface area contributed by atoms with Gasteiger partial charge >= 0.3 is 17.6 Å². The molecule has 2 aliphatic carbocycles. The quantitative estimate of drug-likeness (QED) is 0.315. The van der Waals surface area contributed by atoms with Gasteiger partial charge in [0.05, 0.1) is 22.7 Å². The average molecular weight is 619 g/mol. The number of ether oxygens (including phenoxy) is 3. The van der Waals surface area contributed by atoms with Crippen LogP contribution in [0.15, 0.2) is 21.3 Å². The molecule has 1 aromatic carbocycles. The number of carbonyl (C=O) groups is 4. The van der Waals surface area contributed by atoms with Crippen LogP contribution in [-0.2, 0) is 28.7 Å². The summed E-state index contributed by atoms with van der Waals surface area (Å²) in [6, 6.07) is 3.55. The highest BCUT2D eigenvalue weighted by Crippen LogP contribution is 2.70. The Morgan fingerprint density at radius 1 is 0.689 bits per heavy atom. The molecule has 4 bridgehead atoms. The lowest BCUT2D eigenvalue weighted by molar-refractivity contribution is -0.177. The maximum Gasteiger partial charge on any atom is 0.339 e. The molecule has 3 aliphatic heterocycles. The second-order valence-corrected chi connectivity index (χ2v) is 16.2. The van der Waals surface area contributed by atoms with Gasteiger partial charge in [0.15, 0.2) is 22.8 Å². The van der Waals surface area contributed by atoms with E-state index in [9.17, 15) is 14.4 Å². The molecule has 2 saturated heterocycles. The molecule has 0 unspecified atom stereocenters. The number of rotatable bonds is 4. The zero-order chi connectivity index (χ0) is 33.1. The number of Topliss-reactive ketones (excluding diaryl/α,β-unsaturated/α-hetero) is 2. The molecule has 4 fully saturated rings. The van der Waals surface area contributed by atoms with E-state index in [1.54, 1.807) is 32.9 Å². The molecule has 0 radical (unpaired) electrons. The molecule has 4 heterocycles. The van der Waals surface area contributed by atoms with Crippen molar-refractivity contribution in [3.05, 3.63) is 39.2 Å². The molecular formula is C36H42O9. The third-order valence-electron chi connectivity index (χ3n) is 13.9. The molecule has 9 nitrogen and oxygen atoms in total. The minimum atomic E-state index is -1.53. The van der Waals surface area contributed by atoms with Gasteiger partial charge in [0, 0.05) is 27.3 Å². The largest absolute Gasteiger partial charge is 0.487 e. The molecule has 45 heavy (non-hydrogen) atoms. The number of hydrogen-bond acceptors (Lipinski definition) is 9. The summed E-state index contributed by atoms with van der Waals surface area (Å²) in [6.07, 6.45) is 1.54. The second-order valence-electron chi connectivity index (χ2n) is 16.2. The van der Waals surface area contributed by atoms with Crippen molar-refractivity contribution >= 4 is 34.5 Å². The topological polar surface area (TPSA) is 126 Å². The molecule has 7 rings (SSSR count). The van der Waals surface area contributed by atoms with Crippen molar-refractivity contribution in [2.45, 2.75) is 118 Å². The molecule has 6 atom stereocenters. The normalized spacial score (nSPS) is 38.1. The van der Waals surface area contributed by atoms with Gasteiger partial charge in [-0.2, -0.15) is 0 Å². The monoisotopic (exact) mass is 618 g/mol. The third kappa shape index (κ3) is 3.04. The van der Waals surface area contributed by atoms with Crippen LogP contribution in [-0.4, -0.2) is 40.3 Å². The van der Waals surface area contributed by atoms with Gasteiger partial charge in [-0.25, -0.2) is 4.79 Å². The van der Waals surface area contributed by atoms with E-state index >= 15 is 9.59 Å². The van der Waals surface area contributed by atoms with Crippen LogP contribution in [0.2, 0.25) is 0 Å². The van der Waals surface area contributed by atoms with Crippen LogP contribution in [0.4, 0.5) is 0 Å². The highest BCUT2D eigenvalue weighted by atomic mass is 16.6. The third-order valence-corrected chi connectivity index (χ3v) is 13.9. The number of aryl methyl sites for hydroxylation is 1. The van der Waals surface area contributed by atoms with E-state index in [1.807, 2.05) is 48.5 Å². The average Bonchev–Trinajstić information content (AvgIpc) is 3.42. The molecule has 2 aromatic rings. The maximum atomic E-state index is 15.5. The van der Waals surface area contributed by atoms with Crippen molar-refractivity contribution in [1.82, 2.24) is 0 Å². The molecule has 0 spiro atoms. The molecule has 240 valence electrons. The first-order valence-electron chi connectivity index (χ1n) is 16.0. The Bertz CT molecular complexity index is 1840. The standard InChI is InChI=1S/C36H42O9/c1-17-18(2)27(39)42-24-19(17)11-12-20-21(24)22(25(37)35-15-13-33(9,28(40)44-35)31(35,5)6)23(30(3,4)43-20)26(38)36-16-14-34(10,29(41)45-36)32(36,7)8/h11-12,22-23H,13-16H2,1-10H3/t22-,23-,33-,34-,35+,36+/m0/s1. The summed E-state index contributed by atoms with van der Waals surface area (Å²) in [5.74, 6) is -3.77. The van der Waals surface area contributed by atoms with Crippen LogP contribution in [0.1, 0.15) is 104 Å². The summed E-state index contributed by atoms with van der Waals surface area (Å²) in [4.78, 5) is 70.7. The van der Waals surface area contributed by atoms with Gasteiger partial charge in [-0.3, -0.25) is 19.2 Å². The van der Waals surface area contributed by atoms with Crippen molar-refractivity contribution in [1.29, 1.82) is 0 Å². The van der Waals surface area contributed by atoms with Gasteiger partial charge in [0.1, 0.15) is 16.9 Å². The number of esters is 2. The summed E-state index contributed by atoms with van der Waals surface area (Å²) in [6.45, 7) is 18.2. The summed E-state index contributed by atoms with van der Waals surface area (Å²) in [5.41, 5.74) is -6.79. The van der Waals surface area contributed by atoms with E-state index in [1.165, 1.54) is 0 Å². The summed E-state index contributed by atoms with van der Waals surface area (Å²) in [7, 11) is 0. The van der Waals surface area contributed by atoms with Crippen LogP contribution in [0.3, 0.4) is 0 Å².